The third-order valence-electron chi connectivity index (χ3n) is 4.85. The average molecular weight is 380 g/mol. The largest absolute Gasteiger partial charge is 0.479 e. The van der Waals surface area contributed by atoms with Gasteiger partial charge in [-0.25, -0.2) is 0 Å². The van der Waals surface area contributed by atoms with E-state index in [-0.39, 0.29) is 11.8 Å². The summed E-state index contributed by atoms with van der Waals surface area (Å²) >= 11 is 0. The molecule has 1 unspecified atom stereocenters. The van der Waals surface area contributed by atoms with Gasteiger partial charge in [-0.15, -0.1) is 0 Å². The van der Waals surface area contributed by atoms with E-state index in [4.69, 9.17) is 9.47 Å². The Balaban J connectivity index is 2.24. The zero-order valence-electron chi connectivity index (χ0n) is 17.6. The predicted octanol–water partition coefficient (Wildman–Crippen LogP) is 5.38. The van der Waals surface area contributed by atoms with Crippen molar-refractivity contribution in [2.75, 3.05) is 19.5 Å². The maximum absolute atomic E-state index is 12.5. The number of rotatable bonds is 15. The van der Waals surface area contributed by atoms with Crippen LogP contribution in [0.4, 0.5) is 5.69 Å². The van der Waals surface area contributed by atoms with E-state index >= 15 is 0 Å². The zero-order chi connectivity index (χ0) is 19.9. The smallest absolute Gasteiger partial charge is 0.244 e. The molecule has 27 heavy (non-hydrogen) atoms. The molecule has 6 heteroatoms. The van der Waals surface area contributed by atoms with Crippen LogP contribution in [0.5, 0.6) is 11.8 Å². The summed E-state index contributed by atoms with van der Waals surface area (Å²) in [5, 5.41) is 2.85. The van der Waals surface area contributed by atoms with Crippen molar-refractivity contribution < 1.29 is 14.3 Å². The summed E-state index contributed by atoms with van der Waals surface area (Å²) < 4.78 is 10.4. The molecule has 0 radical (unpaired) electrons. The molecule has 0 fully saturated rings. The van der Waals surface area contributed by atoms with Gasteiger partial charge in [0.25, 0.3) is 0 Å². The van der Waals surface area contributed by atoms with Crippen molar-refractivity contribution in [2.24, 2.45) is 5.92 Å². The first-order valence-electron chi connectivity index (χ1n) is 10.4. The van der Waals surface area contributed by atoms with E-state index in [0.717, 1.165) is 12.8 Å². The summed E-state index contributed by atoms with van der Waals surface area (Å²) in [6.45, 7) is 4.20. The molecular formula is C21H37N3O3. The molecule has 0 aromatic carbocycles. The van der Waals surface area contributed by atoms with Gasteiger partial charge in [0, 0.05) is 5.92 Å². The Morgan fingerprint density at radius 2 is 1.41 bits per heavy atom. The molecule has 6 nitrogen and oxygen atoms in total. The number of anilines is 1. The summed E-state index contributed by atoms with van der Waals surface area (Å²) in [5.74, 6) is 0.480. The molecule has 0 bridgehead atoms. The van der Waals surface area contributed by atoms with E-state index in [1.165, 1.54) is 78.3 Å². The van der Waals surface area contributed by atoms with Gasteiger partial charge in [0.15, 0.2) is 5.69 Å². The van der Waals surface area contributed by atoms with Crippen LogP contribution in [0.3, 0.4) is 0 Å². The van der Waals surface area contributed by atoms with Crippen molar-refractivity contribution in [3.8, 4) is 11.8 Å². The molecule has 1 heterocycles. The van der Waals surface area contributed by atoms with Crippen LogP contribution in [0, 0.1) is 5.92 Å². The molecule has 1 rings (SSSR count). The molecule has 0 aliphatic rings. The highest BCUT2D eigenvalue weighted by Gasteiger charge is 2.19. The van der Waals surface area contributed by atoms with Gasteiger partial charge in [-0.05, 0) is 6.42 Å². The second-order valence-electron chi connectivity index (χ2n) is 7.13. The molecular weight excluding hydrogens is 342 g/mol. The van der Waals surface area contributed by atoms with Gasteiger partial charge >= 0.3 is 0 Å². The minimum absolute atomic E-state index is 0.0580. The third kappa shape index (κ3) is 9.07. The highest BCUT2D eigenvalue weighted by Crippen LogP contribution is 2.30. The first-order chi connectivity index (χ1) is 13.1. The Morgan fingerprint density at radius 3 is 1.89 bits per heavy atom. The average Bonchev–Trinajstić information content (AvgIpc) is 2.69. The molecule has 0 spiro atoms. The normalized spacial score (nSPS) is 11.9. The molecule has 1 N–H and O–H groups in total. The Kier molecular flexibility index (Phi) is 12.2. The minimum atomic E-state index is -0.0753. The number of hydrogen-bond donors (Lipinski definition) is 1. The number of nitrogens with one attached hydrogen (secondary N) is 1. The summed E-state index contributed by atoms with van der Waals surface area (Å²) in [6, 6.07) is 0. The number of nitrogens with zero attached hydrogens (tertiary/aromatic N) is 2. The van der Waals surface area contributed by atoms with E-state index in [9.17, 15) is 4.79 Å². The van der Waals surface area contributed by atoms with Gasteiger partial charge in [0.2, 0.25) is 17.7 Å². The Labute approximate surface area is 164 Å². The summed E-state index contributed by atoms with van der Waals surface area (Å²) in [4.78, 5) is 20.5. The molecule has 1 aromatic rings. The minimum Gasteiger partial charge on any atom is -0.479 e. The van der Waals surface area contributed by atoms with E-state index in [2.05, 4.69) is 22.2 Å². The van der Waals surface area contributed by atoms with E-state index in [1.54, 1.807) is 0 Å². The van der Waals surface area contributed by atoms with Crippen molar-refractivity contribution in [3.63, 3.8) is 0 Å². The molecule has 1 amide bonds. The first kappa shape index (κ1) is 23.2. The van der Waals surface area contributed by atoms with Crippen LogP contribution in [0.25, 0.3) is 0 Å². The molecule has 0 aliphatic carbocycles. The van der Waals surface area contributed by atoms with Gasteiger partial charge < -0.3 is 14.8 Å². The Hall–Kier alpha value is -1.85. The number of unbranched alkanes of at least 4 members (excludes halogenated alkanes) is 9. The fourth-order valence-corrected chi connectivity index (χ4v) is 3.09. The van der Waals surface area contributed by atoms with E-state index in [0.29, 0.717) is 17.4 Å². The number of aromatic nitrogens is 2. The van der Waals surface area contributed by atoms with Crippen LogP contribution in [-0.2, 0) is 4.79 Å². The molecule has 0 aliphatic heterocycles. The molecule has 0 saturated carbocycles. The fourth-order valence-electron chi connectivity index (χ4n) is 3.09. The maximum atomic E-state index is 12.5. The lowest BCUT2D eigenvalue weighted by Crippen LogP contribution is -2.21. The molecule has 154 valence electrons. The predicted molar refractivity (Wildman–Crippen MR) is 109 cm³/mol. The summed E-state index contributed by atoms with van der Waals surface area (Å²) in [5.41, 5.74) is 0.391. The second-order valence-corrected chi connectivity index (χ2v) is 7.13. The number of carbonyl (C=O) groups is 1. The zero-order valence-corrected chi connectivity index (χ0v) is 17.6. The third-order valence-corrected chi connectivity index (χ3v) is 4.85. The Morgan fingerprint density at radius 1 is 0.926 bits per heavy atom. The van der Waals surface area contributed by atoms with Crippen LogP contribution in [-0.4, -0.2) is 30.1 Å². The molecule has 0 saturated heterocycles. The highest BCUT2D eigenvalue weighted by atomic mass is 16.5. The van der Waals surface area contributed by atoms with Crippen LogP contribution in [0.2, 0.25) is 0 Å². The van der Waals surface area contributed by atoms with Crippen LogP contribution >= 0.6 is 0 Å². The lowest BCUT2D eigenvalue weighted by Gasteiger charge is -2.15. The number of carbonyl (C=O) groups excluding carboxylic acids is 1. The first-order valence-corrected chi connectivity index (χ1v) is 10.4. The fraction of sp³-hybridized carbons (Fsp3) is 0.762. The topological polar surface area (TPSA) is 73.3 Å². The van der Waals surface area contributed by atoms with Crippen LogP contribution in [0.1, 0.15) is 84.5 Å². The summed E-state index contributed by atoms with van der Waals surface area (Å²) in [7, 11) is 3.01. The van der Waals surface area contributed by atoms with Crippen LogP contribution in [0.15, 0.2) is 6.33 Å². The van der Waals surface area contributed by atoms with E-state index < -0.39 is 0 Å². The van der Waals surface area contributed by atoms with Crippen molar-refractivity contribution in [1.29, 1.82) is 0 Å². The number of amides is 1. The van der Waals surface area contributed by atoms with Crippen molar-refractivity contribution in [3.05, 3.63) is 6.33 Å². The van der Waals surface area contributed by atoms with Crippen LogP contribution < -0.4 is 14.8 Å². The maximum Gasteiger partial charge on any atom is 0.244 e. The van der Waals surface area contributed by atoms with Crippen molar-refractivity contribution in [1.82, 2.24) is 9.97 Å². The number of ether oxygens (including phenoxy) is 2. The second kappa shape index (κ2) is 14.2. The summed E-state index contributed by atoms with van der Waals surface area (Å²) in [6.07, 6.45) is 15.2. The van der Waals surface area contributed by atoms with Crippen molar-refractivity contribution in [2.45, 2.75) is 84.5 Å². The standard InChI is InChI=1S/C21H37N3O3/c1-5-6-7-8-9-10-11-12-13-14-15-17(2)19(25)24-18-20(26-3)22-16-23-21(18)27-4/h16-17H,5-15H2,1-4H3,(H,24,25). The molecule has 1 atom stereocenters. The monoisotopic (exact) mass is 379 g/mol. The van der Waals surface area contributed by atoms with Crippen molar-refractivity contribution >= 4 is 11.6 Å². The van der Waals surface area contributed by atoms with Gasteiger partial charge in [0.05, 0.1) is 14.2 Å². The van der Waals surface area contributed by atoms with Gasteiger partial charge in [-0.1, -0.05) is 78.1 Å². The molecule has 1 aromatic heterocycles. The lowest BCUT2D eigenvalue weighted by molar-refractivity contribution is -0.119. The quantitative estimate of drug-likeness (QED) is 0.414. The lowest BCUT2D eigenvalue weighted by atomic mass is 10.0. The number of hydrogen-bond acceptors (Lipinski definition) is 5. The SMILES string of the molecule is CCCCCCCCCCCCC(C)C(=O)Nc1c(OC)ncnc1OC. The van der Waals surface area contributed by atoms with Gasteiger partial charge in [-0.3, -0.25) is 4.79 Å². The van der Waals surface area contributed by atoms with E-state index in [1.807, 2.05) is 6.92 Å². The number of methoxy groups -OCH3 is 2. The van der Waals surface area contributed by atoms with Gasteiger partial charge in [0.1, 0.15) is 6.33 Å². The highest BCUT2D eigenvalue weighted by molar-refractivity contribution is 5.94. The van der Waals surface area contributed by atoms with Gasteiger partial charge in [-0.2, -0.15) is 9.97 Å². The Bertz CT molecular complexity index is 515.